The molecular weight excluding hydrogens is 155 g/mol. The van der Waals surface area contributed by atoms with Gasteiger partial charge in [0.1, 0.15) is 0 Å². The van der Waals surface area contributed by atoms with E-state index in [1.807, 2.05) is 0 Å². The summed E-state index contributed by atoms with van der Waals surface area (Å²) in [6.07, 6.45) is 0. The van der Waals surface area contributed by atoms with Crippen LogP contribution >= 0.6 is 7.82 Å². The Hall–Kier alpha value is 0.110. The molecule has 0 amide bonds. The molecule has 0 fully saturated rings. The fourth-order valence-electron chi connectivity index (χ4n) is 0.372. The van der Waals surface area contributed by atoms with E-state index in [9.17, 15) is 4.57 Å². The molecule has 0 aromatic carbocycles. The van der Waals surface area contributed by atoms with E-state index in [4.69, 9.17) is 4.89 Å². The fraction of sp³-hybridized carbons (Fsp3) is 0.800. The van der Waals surface area contributed by atoms with Crippen molar-refractivity contribution < 1.29 is 18.5 Å². The van der Waals surface area contributed by atoms with Crippen molar-refractivity contribution >= 4 is 7.82 Å². The Morgan fingerprint density at radius 2 is 1.90 bits per heavy atom. The quantitative estimate of drug-likeness (QED) is 0.636. The van der Waals surface area contributed by atoms with Crippen LogP contribution in [0.15, 0.2) is 0 Å². The molecule has 0 aliphatic heterocycles. The third kappa shape index (κ3) is 4.94. The van der Waals surface area contributed by atoms with Crippen molar-refractivity contribution in [2.75, 3.05) is 0 Å². The highest BCUT2D eigenvalue weighted by molar-refractivity contribution is 7.47. The predicted octanol–water partition coefficient (Wildman–Crippen LogP) is 1.71. The Kier molecular flexibility index (Phi) is 3.04. The smallest absolute Gasteiger partial charge is 0.302 e. The number of phosphoric acid groups is 1. The van der Waals surface area contributed by atoms with Crippen molar-refractivity contribution in [1.82, 2.24) is 0 Å². The predicted molar refractivity (Wildman–Crippen MR) is 37.1 cm³/mol. The molecule has 1 atom stereocenters. The first kappa shape index (κ1) is 10.1. The molecule has 4 nitrogen and oxygen atoms in total. The van der Waals surface area contributed by atoms with Crippen molar-refractivity contribution in [2.24, 2.45) is 0 Å². The average Bonchev–Trinajstić information content (AvgIpc) is 1.60. The maximum atomic E-state index is 10.6. The van der Waals surface area contributed by atoms with Gasteiger partial charge in [0.2, 0.25) is 0 Å². The minimum atomic E-state index is -3.91. The lowest BCUT2D eigenvalue weighted by Gasteiger charge is -2.21. The molecule has 0 rings (SSSR count). The Labute approximate surface area is 60.8 Å². The van der Waals surface area contributed by atoms with Gasteiger partial charge in [-0.15, -0.1) is 0 Å². The Morgan fingerprint density at radius 1 is 1.50 bits per heavy atom. The lowest BCUT2D eigenvalue weighted by atomic mass is 10.2. The molecule has 0 spiro atoms. The lowest BCUT2D eigenvalue weighted by Crippen LogP contribution is -2.17. The van der Waals surface area contributed by atoms with E-state index in [-0.39, 0.29) is 0 Å². The van der Waals surface area contributed by atoms with Gasteiger partial charge in [-0.1, -0.05) is 0 Å². The van der Waals surface area contributed by atoms with Crippen LogP contribution in [-0.2, 0) is 13.6 Å². The molecule has 1 N–H and O–H groups in total. The summed E-state index contributed by atoms with van der Waals surface area (Å²) in [6.45, 7) is 4.94. The van der Waals surface area contributed by atoms with Crippen molar-refractivity contribution in [3.8, 4) is 0 Å². The highest BCUT2D eigenvalue weighted by Gasteiger charge is 2.26. The Balaban J connectivity index is 4.03. The van der Waals surface area contributed by atoms with E-state index in [2.05, 4.69) is 16.2 Å². The molecule has 0 aromatic rings. The summed E-state index contributed by atoms with van der Waals surface area (Å²) >= 11 is 0. The summed E-state index contributed by atoms with van der Waals surface area (Å²) < 4.78 is 19.2. The summed E-state index contributed by atoms with van der Waals surface area (Å²) in [7, 11) is -1.10. The molecule has 1 radical (unpaired) electrons. The molecule has 5 heteroatoms. The van der Waals surface area contributed by atoms with Crippen LogP contribution in [0.25, 0.3) is 0 Å². The van der Waals surface area contributed by atoms with Crippen LogP contribution in [-0.4, -0.2) is 10.5 Å². The van der Waals surface area contributed by atoms with Gasteiger partial charge >= 0.3 is 7.82 Å². The zero-order chi connectivity index (χ0) is 8.41. The van der Waals surface area contributed by atoms with E-state index in [0.717, 1.165) is 0 Å². The highest BCUT2D eigenvalue weighted by Crippen LogP contribution is 2.46. The molecule has 0 bridgehead atoms. The van der Waals surface area contributed by atoms with Crippen molar-refractivity contribution in [1.29, 1.82) is 0 Å². The second-order valence-corrected chi connectivity index (χ2v) is 4.18. The third-order valence-corrected chi connectivity index (χ3v) is 1.66. The standard InChI is InChI=1S/C5H12O4P/c1-5(2,3)9-10(6,7)8-4/h4H2,1-3H3,(H,6,7). The second-order valence-electron chi connectivity index (χ2n) is 2.80. The monoisotopic (exact) mass is 167 g/mol. The Bertz CT molecular complexity index is 148. The molecule has 0 aromatic heterocycles. The van der Waals surface area contributed by atoms with Crippen LogP contribution < -0.4 is 0 Å². The van der Waals surface area contributed by atoms with Gasteiger partial charge in [0.05, 0.1) is 12.7 Å². The van der Waals surface area contributed by atoms with Crippen LogP contribution in [0, 0.1) is 7.11 Å². The largest absolute Gasteiger partial charge is 0.472 e. The van der Waals surface area contributed by atoms with Gasteiger partial charge in [0.15, 0.2) is 0 Å². The highest BCUT2D eigenvalue weighted by atomic mass is 31.2. The topological polar surface area (TPSA) is 55.8 Å². The van der Waals surface area contributed by atoms with E-state index in [1.54, 1.807) is 20.8 Å². The summed E-state index contributed by atoms with van der Waals surface area (Å²) in [6, 6.07) is 0. The van der Waals surface area contributed by atoms with Crippen molar-refractivity contribution in [2.45, 2.75) is 26.4 Å². The average molecular weight is 167 g/mol. The molecule has 0 saturated carbocycles. The third-order valence-electron chi connectivity index (χ3n) is 0.552. The van der Waals surface area contributed by atoms with Gasteiger partial charge in [-0.2, -0.15) is 0 Å². The number of rotatable bonds is 2. The van der Waals surface area contributed by atoms with Gasteiger partial charge in [0, 0.05) is 0 Å². The van der Waals surface area contributed by atoms with Crippen LogP contribution in [0.1, 0.15) is 20.8 Å². The molecule has 61 valence electrons. The van der Waals surface area contributed by atoms with Crippen LogP contribution in [0.5, 0.6) is 0 Å². The summed E-state index contributed by atoms with van der Waals surface area (Å²) in [5, 5.41) is 0. The van der Waals surface area contributed by atoms with Crippen molar-refractivity contribution in [3.05, 3.63) is 7.11 Å². The second kappa shape index (κ2) is 3.01. The SMILES string of the molecule is [CH2]OP(=O)(O)OC(C)(C)C. The molecule has 0 saturated heterocycles. The molecule has 0 aliphatic carbocycles. The maximum absolute atomic E-state index is 10.6. The van der Waals surface area contributed by atoms with Gasteiger partial charge < -0.3 is 4.89 Å². The molecule has 1 unspecified atom stereocenters. The van der Waals surface area contributed by atoms with Crippen LogP contribution in [0.4, 0.5) is 0 Å². The first-order chi connectivity index (χ1) is 4.27. The number of phosphoric ester groups is 1. The molecule has 10 heavy (non-hydrogen) atoms. The molecular formula is C5H12O4P. The molecule has 0 heterocycles. The van der Waals surface area contributed by atoms with Gasteiger partial charge in [-0.3, -0.25) is 9.05 Å². The summed E-state index contributed by atoms with van der Waals surface area (Å²) in [4.78, 5) is 8.71. The first-order valence-electron chi connectivity index (χ1n) is 2.74. The van der Waals surface area contributed by atoms with Gasteiger partial charge in [0.25, 0.3) is 0 Å². The van der Waals surface area contributed by atoms with Gasteiger partial charge in [-0.25, -0.2) is 4.57 Å². The Morgan fingerprint density at radius 3 is 2.00 bits per heavy atom. The first-order valence-corrected chi connectivity index (χ1v) is 4.24. The zero-order valence-corrected chi connectivity index (χ0v) is 7.22. The van der Waals surface area contributed by atoms with Crippen LogP contribution in [0.2, 0.25) is 0 Å². The van der Waals surface area contributed by atoms with E-state index in [0.29, 0.717) is 0 Å². The zero-order valence-electron chi connectivity index (χ0n) is 6.33. The lowest BCUT2D eigenvalue weighted by molar-refractivity contribution is 0.0767. The van der Waals surface area contributed by atoms with E-state index >= 15 is 0 Å². The molecule has 0 aliphatic rings. The normalized spacial score (nSPS) is 18.5. The summed E-state index contributed by atoms with van der Waals surface area (Å²) in [5.41, 5.74) is -0.692. The summed E-state index contributed by atoms with van der Waals surface area (Å²) in [5.74, 6) is 0. The van der Waals surface area contributed by atoms with Gasteiger partial charge in [-0.05, 0) is 20.8 Å². The minimum absolute atomic E-state index is 0.692. The number of hydrogen-bond donors (Lipinski definition) is 1. The van der Waals surface area contributed by atoms with Crippen LogP contribution in [0.3, 0.4) is 0 Å². The maximum Gasteiger partial charge on any atom is 0.472 e. The van der Waals surface area contributed by atoms with Crippen molar-refractivity contribution in [3.63, 3.8) is 0 Å². The minimum Gasteiger partial charge on any atom is -0.302 e. The number of hydrogen-bond acceptors (Lipinski definition) is 3. The van der Waals surface area contributed by atoms with E-state index in [1.165, 1.54) is 0 Å². The van der Waals surface area contributed by atoms with E-state index < -0.39 is 13.4 Å². The fourth-order valence-corrected chi connectivity index (χ4v) is 1.12.